The van der Waals surface area contributed by atoms with Crippen molar-refractivity contribution in [3.63, 3.8) is 0 Å². The normalized spacial score (nSPS) is 21.5. The highest BCUT2D eigenvalue weighted by Crippen LogP contribution is 2.28. The summed E-state index contributed by atoms with van der Waals surface area (Å²) >= 11 is 0. The minimum absolute atomic E-state index is 0.0292. The standard InChI is InChI=1S/C10H22N2O/c1-3-13-8-10(2,7-11)12-6-9-4-5-9/h9,12H,3-8,11H2,1-2H3. The molecule has 0 radical (unpaired) electrons. The minimum Gasteiger partial charge on any atom is -0.380 e. The smallest absolute Gasteiger partial charge is 0.0657 e. The molecule has 3 nitrogen and oxygen atoms in total. The second-order valence-electron chi connectivity index (χ2n) is 4.23. The van der Waals surface area contributed by atoms with Crippen LogP contribution in [0.5, 0.6) is 0 Å². The number of hydrogen-bond donors (Lipinski definition) is 2. The molecule has 0 aromatic heterocycles. The second kappa shape index (κ2) is 4.94. The van der Waals surface area contributed by atoms with Gasteiger partial charge in [-0.05, 0) is 39.2 Å². The third-order valence-electron chi connectivity index (χ3n) is 2.59. The van der Waals surface area contributed by atoms with E-state index in [1.165, 1.54) is 12.8 Å². The zero-order valence-corrected chi connectivity index (χ0v) is 8.81. The molecule has 0 spiro atoms. The van der Waals surface area contributed by atoms with Gasteiger partial charge in [0.1, 0.15) is 0 Å². The Morgan fingerprint density at radius 3 is 2.69 bits per heavy atom. The predicted octanol–water partition coefficient (Wildman–Crippen LogP) is 0.740. The van der Waals surface area contributed by atoms with Gasteiger partial charge in [-0.25, -0.2) is 0 Å². The molecule has 0 aromatic carbocycles. The third kappa shape index (κ3) is 4.07. The lowest BCUT2D eigenvalue weighted by Gasteiger charge is -2.29. The predicted molar refractivity (Wildman–Crippen MR) is 54.7 cm³/mol. The Kier molecular flexibility index (Phi) is 4.16. The number of rotatable bonds is 7. The lowest BCUT2D eigenvalue weighted by atomic mass is 10.0. The van der Waals surface area contributed by atoms with Crippen LogP contribution >= 0.6 is 0 Å². The van der Waals surface area contributed by atoms with Gasteiger partial charge in [0.25, 0.3) is 0 Å². The van der Waals surface area contributed by atoms with Gasteiger partial charge in [-0.1, -0.05) is 0 Å². The third-order valence-corrected chi connectivity index (χ3v) is 2.59. The summed E-state index contributed by atoms with van der Waals surface area (Å²) in [4.78, 5) is 0. The van der Waals surface area contributed by atoms with Gasteiger partial charge >= 0.3 is 0 Å². The number of nitrogens with one attached hydrogen (secondary N) is 1. The quantitative estimate of drug-likeness (QED) is 0.616. The van der Waals surface area contributed by atoms with E-state index in [0.717, 1.165) is 19.1 Å². The summed E-state index contributed by atoms with van der Waals surface area (Å²) < 4.78 is 5.40. The molecule has 13 heavy (non-hydrogen) atoms. The molecule has 0 saturated heterocycles. The largest absolute Gasteiger partial charge is 0.380 e. The van der Waals surface area contributed by atoms with Crippen molar-refractivity contribution in [2.75, 3.05) is 26.3 Å². The van der Waals surface area contributed by atoms with E-state index in [1.807, 2.05) is 6.92 Å². The van der Waals surface area contributed by atoms with Crippen LogP contribution < -0.4 is 11.1 Å². The van der Waals surface area contributed by atoms with Gasteiger partial charge in [-0.15, -0.1) is 0 Å². The van der Waals surface area contributed by atoms with E-state index in [4.69, 9.17) is 10.5 Å². The molecule has 1 aliphatic carbocycles. The van der Waals surface area contributed by atoms with Crippen LogP contribution in [0, 0.1) is 5.92 Å². The molecule has 78 valence electrons. The Balaban J connectivity index is 2.19. The lowest BCUT2D eigenvalue weighted by Crippen LogP contribution is -2.52. The molecule has 0 bridgehead atoms. The molecule has 0 aromatic rings. The van der Waals surface area contributed by atoms with E-state index in [2.05, 4.69) is 12.2 Å². The Morgan fingerprint density at radius 2 is 2.23 bits per heavy atom. The Labute approximate surface area is 81.0 Å². The van der Waals surface area contributed by atoms with Crippen LogP contribution in [0.25, 0.3) is 0 Å². The van der Waals surface area contributed by atoms with Crippen molar-refractivity contribution < 1.29 is 4.74 Å². The fourth-order valence-corrected chi connectivity index (χ4v) is 1.22. The molecule has 0 aliphatic heterocycles. The van der Waals surface area contributed by atoms with Crippen LogP contribution in [0.3, 0.4) is 0 Å². The molecule has 1 atom stereocenters. The lowest BCUT2D eigenvalue weighted by molar-refractivity contribution is 0.0871. The summed E-state index contributed by atoms with van der Waals surface area (Å²) in [5.74, 6) is 0.896. The molecule has 0 heterocycles. The maximum Gasteiger partial charge on any atom is 0.0657 e. The molecular formula is C10H22N2O. The van der Waals surface area contributed by atoms with E-state index in [1.54, 1.807) is 0 Å². The SMILES string of the molecule is CCOCC(C)(CN)NCC1CC1. The van der Waals surface area contributed by atoms with Crippen molar-refractivity contribution in [1.82, 2.24) is 5.32 Å². The van der Waals surface area contributed by atoms with E-state index < -0.39 is 0 Å². The number of ether oxygens (including phenoxy) is 1. The molecule has 1 aliphatic rings. The van der Waals surface area contributed by atoms with Crippen molar-refractivity contribution >= 4 is 0 Å². The zero-order valence-electron chi connectivity index (χ0n) is 8.81. The highest BCUT2D eigenvalue weighted by atomic mass is 16.5. The van der Waals surface area contributed by atoms with E-state index >= 15 is 0 Å². The van der Waals surface area contributed by atoms with Gasteiger partial charge in [0.05, 0.1) is 12.1 Å². The van der Waals surface area contributed by atoms with Gasteiger partial charge in [-0.3, -0.25) is 0 Å². The Morgan fingerprint density at radius 1 is 1.54 bits per heavy atom. The topological polar surface area (TPSA) is 47.3 Å². The van der Waals surface area contributed by atoms with Crippen molar-refractivity contribution in [3.8, 4) is 0 Å². The summed E-state index contributed by atoms with van der Waals surface area (Å²) in [5.41, 5.74) is 5.68. The Hall–Kier alpha value is -0.120. The van der Waals surface area contributed by atoms with Gasteiger partial charge in [0, 0.05) is 13.2 Å². The Bertz CT molecular complexity index is 148. The maximum absolute atomic E-state index is 5.71. The van der Waals surface area contributed by atoms with Crippen molar-refractivity contribution in [2.24, 2.45) is 11.7 Å². The van der Waals surface area contributed by atoms with E-state index in [9.17, 15) is 0 Å². The molecule has 1 rings (SSSR count). The van der Waals surface area contributed by atoms with Crippen molar-refractivity contribution in [2.45, 2.75) is 32.2 Å². The molecule has 1 saturated carbocycles. The van der Waals surface area contributed by atoms with Crippen LogP contribution in [0.2, 0.25) is 0 Å². The van der Waals surface area contributed by atoms with Crippen LogP contribution in [0.1, 0.15) is 26.7 Å². The van der Waals surface area contributed by atoms with Crippen LogP contribution in [-0.4, -0.2) is 31.8 Å². The van der Waals surface area contributed by atoms with Crippen molar-refractivity contribution in [1.29, 1.82) is 0 Å². The first kappa shape index (κ1) is 11.0. The fourth-order valence-electron chi connectivity index (χ4n) is 1.22. The van der Waals surface area contributed by atoms with E-state index in [0.29, 0.717) is 13.2 Å². The molecule has 1 fully saturated rings. The summed E-state index contributed by atoms with van der Waals surface area (Å²) in [6.45, 7) is 7.36. The highest BCUT2D eigenvalue weighted by molar-refractivity contribution is 4.87. The average Bonchev–Trinajstić information content (AvgIpc) is 2.95. The summed E-state index contributed by atoms with van der Waals surface area (Å²) in [5, 5.41) is 3.49. The number of nitrogens with two attached hydrogens (primary N) is 1. The van der Waals surface area contributed by atoms with Crippen LogP contribution in [0.15, 0.2) is 0 Å². The van der Waals surface area contributed by atoms with Gasteiger partial charge in [0.2, 0.25) is 0 Å². The van der Waals surface area contributed by atoms with E-state index in [-0.39, 0.29) is 5.54 Å². The van der Waals surface area contributed by atoms with Gasteiger partial charge < -0.3 is 15.8 Å². The second-order valence-corrected chi connectivity index (χ2v) is 4.23. The number of hydrogen-bond acceptors (Lipinski definition) is 3. The van der Waals surface area contributed by atoms with Gasteiger partial charge in [-0.2, -0.15) is 0 Å². The van der Waals surface area contributed by atoms with Gasteiger partial charge in [0.15, 0.2) is 0 Å². The first-order valence-electron chi connectivity index (χ1n) is 5.23. The first-order chi connectivity index (χ1) is 6.20. The summed E-state index contributed by atoms with van der Waals surface area (Å²) in [6, 6.07) is 0. The molecule has 3 N–H and O–H groups in total. The molecule has 3 heteroatoms. The highest BCUT2D eigenvalue weighted by Gasteiger charge is 2.27. The van der Waals surface area contributed by atoms with Crippen molar-refractivity contribution in [3.05, 3.63) is 0 Å². The molecule has 0 amide bonds. The maximum atomic E-state index is 5.71. The molecular weight excluding hydrogens is 164 g/mol. The minimum atomic E-state index is -0.0292. The zero-order chi connectivity index (χ0) is 9.73. The van der Waals surface area contributed by atoms with Crippen LogP contribution in [-0.2, 0) is 4.74 Å². The first-order valence-corrected chi connectivity index (χ1v) is 5.23. The average molecular weight is 186 g/mol. The summed E-state index contributed by atoms with van der Waals surface area (Å²) in [6.07, 6.45) is 2.75. The summed E-state index contributed by atoms with van der Waals surface area (Å²) in [7, 11) is 0. The molecule has 1 unspecified atom stereocenters. The monoisotopic (exact) mass is 186 g/mol. The van der Waals surface area contributed by atoms with Crippen LogP contribution in [0.4, 0.5) is 0 Å². The fraction of sp³-hybridized carbons (Fsp3) is 1.00.